The minimum absolute atomic E-state index is 0.547. The zero-order valence-electron chi connectivity index (χ0n) is 11.3. The molecule has 0 radical (unpaired) electrons. The summed E-state index contributed by atoms with van der Waals surface area (Å²) in [6, 6.07) is 0.862. The molecule has 1 nitrogen and oxygen atoms in total. The second kappa shape index (κ2) is 4.77. The van der Waals surface area contributed by atoms with Crippen LogP contribution in [0.4, 0.5) is 0 Å². The van der Waals surface area contributed by atoms with Gasteiger partial charge in [0.2, 0.25) is 0 Å². The lowest BCUT2D eigenvalue weighted by molar-refractivity contribution is 0.0222. The molecule has 0 aromatic rings. The molecule has 3 rings (SSSR count). The number of thioether (sulfide) groups is 1. The van der Waals surface area contributed by atoms with Gasteiger partial charge in [0.25, 0.3) is 0 Å². The normalized spacial score (nSPS) is 40.4. The molecule has 1 heterocycles. The Kier molecular flexibility index (Phi) is 3.47. The van der Waals surface area contributed by atoms with Crippen molar-refractivity contribution in [2.75, 3.05) is 12.3 Å². The molecule has 0 aromatic carbocycles. The largest absolute Gasteiger partial charge is 0.312 e. The van der Waals surface area contributed by atoms with E-state index in [-0.39, 0.29) is 0 Å². The minimum Gasteiger partial charge on any atom is -0.312 e. The molecule has 0 aromatic heterocycles. The molecule has 2 heteroatoms. The summed E-state index contributed by atoms with van der Waals surface area (Å²) in [5.41, 5.74) is 0.734. The number of rotatable bonds is 3. The van der Waals surface area contributed by atoms with Crippen LogP contribution in [0.25, 0.3) is 0 Å². The van der Waals surface area contributed by atoms with Crippen LogP contribution in [-0.4, -0.2) is 23.1 Å². The second-order valence-corrected chi connectivity index (χ2v) is 8.48. The molecule has 2 atom stereocenters. The van der Waals surface area contributed by atoms with E-state index in [4.69, 9.17) is 0 Å². The molecule has 3 aliphatic rings. The van der Waals surface area contributed by atoms with Gasteiger partial charge in [0.15, 0.2) is 0 Å². The summed E-state index contributed by atoms with van der Waals surface area (Å²) >= 11 is 2.19. The van der Waals surface area contributed by atoms with Gasteiger partial charge < -0.3 is 5.32 Å². The summed E-state index contributed by atoms with van der Waals surface area (Å²) in [5.74, 6) is 1.38. The van der Waals surface area contributed by atoms with E-state index in [1.165, 1.54) is 70.1 Å². The van der Waals surface area contributed by atoms with Crippen LogP contribution in [0.3, 0.4) is 0 Å². The van der Waals surface area contributed by atoms with Gasteiger partial charge in [-0.1, -0.05) is 19.3 Å². The van der Waals surface area contributed by atoms with Crippen molar-refractivity contribution in [1.82, 2.24) is 5.32 Å². The van der Waals surface area contributed by atoms with Gasteiger partial charge in [0.05, 0.1) is 0 Å². The van der Waals surface area contributed by atoms with E-state index in [1.807, 2.05) is 0 Å². The van der Waals surface area contributed by atoms with Crippen LogP contribution >= 0.6 is 11.8 Å². The number of hydrogen-bond donors (Lipinski definition) is 1. The molecule has 1 N–H and O–H groups in total. The highest BCUT2D eigenvalue weighted by molar-refractivity contribution is 8.00. The van der Waals surface area contributed by atoms with Gasteiger partial charge in [-0.25, -0.2) is 0 Å². The van der Waals surface area contributed by atoms with Crippen molar-refractivity contribution >= 4 is 11.8 Å². The molecule has 2 unspecified atom stereocenters. The van der Waals surface area contributed by atoms with Crippen LogP contribution in [0.2, 0.25) is 0 Å². The first-order chi connectivity index (χ1) is 8.23. The van der Waals surface area contributed by atoms with Crippen molar-refractivity contribution in [3.8, 4) is 0 Å². The topological polar surface area (TPSA) is 12.0 Å². The first-order valence-corrected chi connectivity index (χ1v) is 8.59. The lowest BCUT2D eigenvalue weighted by Gasteiger charge is -2.53. The van der Waals surface area contributed by atoms with Crippen molar-refractivity contribution in [3.05, 3.63) is 0 Å². The highest BCUT2D eigenvalue weighted by Crippen LogP contribution is 2.52. The summed E-state index contributed by atoms with van der Waals surface area (Å²) in [4.78, 5) is 0. The predicted octanol–water partition coefficient (Wildman–Crippen LogP) is 3.97. The third-order valence-corrected chi connectivity index (χ3v) is 7.08. The van der Waals surface area contributed by atoms with Crippen molar-refractivity contribution in [2.45, 2.75) is 75.5 Å². The standard InChI is InChI=1S/C15H27NS/c1-14(7-5-11-17-14)12-16-13-6-10-15(13)8-3-2-4-9-15/h13,16H,2-12H2,1H3. The minimum atomic E-state index is 0.547. The Labute approximate surface area is 111 Å². The van der Waals surface area contributed by atoms with E-state index < -0.39 is 0 Å². The van der Waals surface area contributed by atoms with E-state index in [0.29, 0.717) is 4.75 Å². The summed E-state index contributed by atoms with van der Waals surface area (Å²) in [7, 11) is 0. The second-order valence-electron chi connectivity index (χ2n) is 6.80. The fraction of sp³-hybridized carbons (Fsp3) is 1.00. The fourth-order valence-corrected chi connectivity index (χ4v) is 5.44. The Morgan fingerprint density at radius 1 is 1.06 bits per heavy atom. The van der Waals surface area contributed by atoms with Crippen molar-refractivity contribution < 1.29 is 0 Å². The average molecular weight is 253 g/mol. The van der Waals surface area contributed by atoms with Crippen LogP contribution in [0.1, 0.15) is 64.7 Å². The van der Waals surface area contributed by atoms with Crippen LogP contribution in [0, 0.1) is 5.41 Å². The van der Waals surface area contributed by atoms with Crippen LogP contribution < -0.4 is 5.32 Å². The van der Waals surface area contributed by atoms with Crippen molar-refractivity contribution in [3.63, 3.8) is 0 Å². The third-order valence-electron chi connectivity index (χ3n) is 5.54. The SMILES string of the molecule is CC1(CNC2CCC23CCCCC3)CCCS1. The maximum Gasteiger partial charge on any atom is 0.0256 e. The fourth-order valence-electron chi connectivity index (χ4n) is 4.19. The highest BCUT2D eigenvalue weighted by Gasteiger charge is 2.47. The molecule has 2 aliphatic carbocycles. The Hall–Kier alpha value is 0.310. The lowest BCUT2D eigenvalue weighted by atomic mass is 9.57. The maximum absolute atomic E-state index is 3.94. The summed E-state index contributed by atoms with van der Waals surface area (Å²) in [5, 5.41) is 3.94. The number of hydrogen-bond acceptors (Lipinski definition) is 2. The summed E-state index contributed by atoms with van der Waals surface area (Å²) < 4.78 is 0.547. The van der Waals surface area contributed by atoms with E-state index in [9.17, 15) is 0 Å². The van der Waals surface area contributed by atoms with Gasteiger partial charge in [-0.15, -0.1) is 0 Å². The van der Waals surface area contributed by atoms with Gasteiger partial charge in [-0.2, -0.15) is 11.8 Å². The van der Waals surface area contributed by atoms with Gasteiger partial charge in [0, 0.05) is 17.3 Å². The average Bonchev–Trinajstić information content (AvgIpc) is 2.76. The molecule has 2 saturated carbocycles. The van der Waals surface area contributed by atoms with Crippen LogP contribution in [0.5, 0.6) is 0 Å². The van der Waals surface area contributed by atoms with Gasteiger partial charge in [-0.05, 0) is 56.6 Å². The van der Waals surface area contributed by atoms with Gasteiger partial charge >= 0.3 is 0 Å². The highest BCUT2D eigenvalue weighted by atomic mass is 32.2. The zero-order valence-corrected chi connectivity index (χ0v) is 12.1. The summed E-state index contributed by atoms with van der Waals surface area (Å²) in [6.07, 6.45) is 13.3. The molecule has 1 saturated heterocycles. The first-order valence-electron chi connectivity index (χ1n) is 7.60. The summed E-state index contributed by atoms with van der Waals surface area (Å²) in [6.45, 7) is 3.72. The lowest BCUT2D eigenvalue weighted by Crippen LogP contribution is -2.56. The van der Waals surface area contributed by atoms with E-state index >= 15 is 0 Å². The smallest absolute Gasteiger partial charge is 0.0256 e. The Balaban J connectivity index is 1.52. The van der Waals surface area contributed by atoms with E-state index in [1.54, 1.807) is 0 Å². The van der Waals surface area contributed by atoms with Crippen molar-refractivity contribution in [1.29, 1.82) is 0 Å². The van der Waals surface area contributed by atoms with Gasteiger partial charge in [0.1, 0.15) is 0 Å². The molecule has 98 valence electrons. The van der Waals surface area contributed by atoms with E-state index in [0.717, 1.165) is 11.5 Å². The molecule has 17 heavy (non-hydrogen) atoms. The Morgan fingerprint density at radius 3 is 2.47 bits per heavy atom. The predicted molar refractivity (Wildman–Crippen MR) is 76.6 cm³/mol. The molecule has 1 spiro atoms. The quantitative estimate of drug-likeness (QED) is 0.816. The van der Waals surface area contributed by atoms with Crippen LogP contribution in [0.15, 0.2) is 0 Å². The third kappa shape index (κ3) is 2.40. The van der Waals surface area contributed by atoms with Gasteiger partial charge in [-0.3, -0.25) is 0 Å². The molecular formula is C15H27NS. The zero-order chi connectivity index (χ0) is 11.8. The molecule has 3 fully saturated rings. The van der Waals surface area contributed by atoms with Crippen molar-refractivity contribution in [2.24, 2.45) is 5.41 Å². The molecule has 0 amide bonds. The monoisotopic (exact) mass is 253 g/mol. The number of nitrogens with one attached hydrogen (secondary N) is 1. The molecular weight excluding hydrogens is 226 g/mol. The maximum atomic E-state index is 3.94. The Bertz CT molecular complexity index is 264. The molecule has 0 bridgehead atoms. The first kappa shape index (κ1) is 12.3. The van der Waals surface area contributed by atoms with Crippen LogP contribution in [-0.2, 0) is 0 Å². The van der Waals surface area contributed by atoms with E-state index in [2.05, 4.69) is 24.0 Å². The molecule has 1 aliphatic heterocycles. The Morgan fingerprint density at radius 2 is 1.88 bits per heavy atom.